The maximum atomic E-state index is 13.7. The van der Waals surface area contributed by atoms with Crippen LogP contribution in [0.4, 0.5) is 17.1 Å². The lowest BCUT2D eigenvalue weighted by molar-refractivity contribution is -0.384. The van der Waals surface area contributed by atoms with E-state index in [-0.39, 0.29) is 5.69 Å². The van der Waals surface area contributed by atoms with Crippen LogP contribution in [-0.2, 0) is 14.4 Å². The number of benzene rings is 3. The lowest BCUT2D eigenvalue weighted by Crippen LogP contribution is -2.37. The summed E-state index contributed by atoms with van der Waals surface area (Å²) in [7, 11) is 0. The Hall–Kier alpha value is -4.24. The van der Waals surface area contributed by atoms with E-state index in [0.29, 0.717) is 29.3 Å². The Labute approximate surface area is 201 Å². The third-order valence-corrected chi connectivity index (χ3v) is 6.12. The highest BCUT2D eigenvalue weighted by Gasteiger charge is 2.60. The number of fused-ring (bicyclic) bond motifs is 1. The Balaban J connectivity index is 1.52. The molecule has 2 aliphatic heterocycles. The van der Waals surface area contributed by atoms with Gasteiger partial charge in [0, 0.05) is 12.1 Å². The molecule has 9 nitrogen and oxygen atoms in total. The van der Waals surface area contributed by atoms with Gasteiger partial charge in [-0.25, -0.2) is 9.96 Å². The third kappa shape index (κ3) is 4.00. The molecule has 9 heteroatoms. The number of amides is 2. The van der Waals surface area contributed by atoms with Gasteiger partial charge in [0.05, 0.1) is 28.9 Å². The van der Waals surface area contributed by atoms with Gasteiger partial charge in [-0.1, -0.05) is 37.3 Å². The minimum atomic E-state index is -1.05. The number of anilines is 2. The number of hydrogen-bond acceptors (Lipinski definition) is 7. The molecule has 0 aromatic heterocycles. The summed E-state index contributed by atoms with van der Waals surface area (Å²) >= 11 is 0. The number of para-hydroxylation sites is 1. The molecule has 5 rings (SSSR count). The summed E-state index contributed by atoms with van der Waals surface area (Å²) < 4.78 is 5.59. The monoisotopic (exact) mass is 473 g/mol. The molecule has 2 amide bonds. The fourth-order valence-corrected chi connectivity index (χ4v) is 4.54. The van der Waals surface area contributed by atoms with E-state index in [9.17, 15) is 19.7 Å². The van der Waals surface area contributed by atoms with E-state index in [1.165, 1.54) is 17.2 Å². The third-order valence-electron chi connectivity index (χ3n) is 6.12. The van der Waals surface area contributed by atoms with Crippen molar-refractivity contribution in [1.29, 1.82) is 0 Å². The van der Waals surface area contributed by atoms with Crippen molar-refractivity contribution >= 4 is 28.9 Å². The predicted molar refractivity (Wildman–Crippen MR) is 128 cm³/mol. The van der Waals surface area contributed by atoms with Gasteiger partial charge in [0.2, 0.25) is 5.91 Å². The molecule has 3 aromatic carbocycles. The van der Waals surface area contributed by atoms with Crippen LogP contribution in [0.1, 0.15) is 24.9 Å². The predicted octanol–water partition coefficient (Wildman–Crippen LogP) is 4.43. The van der Waals surface area contributed by atoms with Gasteiger partial charge in [-0.3, -0.25) is 24.5 Å². The Morgan fingerprint density at radius 2 is 1.69 bits per heavy atom. The van der Waals surface area contributed by atoms with E-state index >= 15 is 0 Å². The van der Waals surface area contributed by atoms with Crippen molar-refractivity contribution in [3.63, 3.8) is 0 Å². The van der Waals surface area contributed by atoms with Crippen LogP contribution in [0, 0.1) is 16.0 Å². The molecule has 0 N–H and O–H groups in total. The van der Waals surface area contributed by atoms with Gasteiger partial charge in [0.15, 0.2) is 6.10 Å². The summed E-state index contributed by atoms with van der Waals surface area (Å²) in [6.07, 6.45) is -0.189. The second kappa shape index (κ2) is 9.19. The van der Waals surface area contributed by atoms with Crippen LogP contribution >= 0.6 is 0 Å². The SMILES string of the molecule is CCCOc1ccc(N2C(=O)[C@@H]3[C@H](ON(c4ccccc4)[C@H]3c3cccc([N+](=O)[O-])c3)C2=O)cc1. The largest absolute Gasteiger partial charge is 0.494 e. The van der Waals surface area contributed by atoms with Crippen LogP contribution in [-0.4, -0.2) is 29.4 Å². The summed E-state index contributed by atoms with van der Waals surface area (Å²) in [5.74, 6) is -1.12. The fourth-order valence-electron chi connectivity index (χ4n) is 4.54. The number of rotatable bonds is 7. The van der Waals surface area contributed by atoms with Crippen LogP contribution in [0.5, 0.6) is 5.75 Å². The van der Waals surface area contributed by atoms with Gasteiger partial charge in [-0.05, 0) is 48.4 Å². The molecule has 0 aliphatic carbocycles. The Bertz CT molecular complexity index is 1260. The molecule has 0 unspecified atom stereocenters. The molecule has 2 heterocycles. The lowest BCUT2D eigenvalue weighted by atomic mass is 9.90. The Kier molecular flexibility index (Phi) is 5.92. The second-order valence-corrected chi connectivity index (χ2v) is 8.36. The van der Waals surface area contributed by atoms with Gasteiger partial charge >= 0.3 is 0 Å². The maximum absolute atomic E-state index is 13.7. The molecular formula is C26H23N3O6. The average Bonchev–Trinajstić information content (AvgIpc) is 3.39. The van der Waals surface area contributed by atoms with E-state index in [4.69, 9.17) is 9.57 Å². The molecule has 0 spiro atoms. The summed E-state index contributed by atoms with van der Waals surface area (Å²) in [4.78, 5) is 45.2. The first-order valence-corrected chi connectivity index (χ1v) is 11.4. The highest BCUT2D eigenvalue weighted by atomic mass is 16.7. The number of non-ortho nitro benzene ring substituents is 1. The van der Waals surface area contributed by atoms with Crippen LogP contribution in [0.3, 0.4) is 0 Å². The van der Waals surface area contributed by atoms with Gasteiger partial charge in [-0.15, -0.1) is 0 Å². The number of nitro groups is 1. The highest BCUT2D eigenvalue weighted by Crippen LogP contribution is 2.48. The van der Waals surface area contributed by atoms with E-state index < -0.39 is 34.8 Å². The summed E-state index contributed by atoms with van der Waals surface area (Å²) in [5.41, 5.74) is 1.48. The first kappa shape index (κ1) is 22.5. The molecule has 0 radical (unpaired) electrons. The number of hydroxylamine groups is 1. The first-order chi connectivity index (χ1) is 17.0. The number of imide groups is 1. The zero-order valence-corrected chi connectivity index (χ0v) is 18.9. The number of carbonyl (C=O) groups is 2. The molecule has 3 atom stereocenters. The molecule has 2 saturated heterocycles. The van der Waals surface area contributed by atoms with Crippen molar-refractivity contribution in [2.45, 2.75) is 25.5 Å². The molecule has 35 heavy (non-hydrogen) atoms. The van der Waals surface area contributed by atoms with Gasteiger partial charge < -0.3 is 4.74 Å². The van der Waals surface area contributed by atoms with E-state index in [2.05, 4.69) is 0 Å². The van der Waals surface area contributed by atoms with Crippen molar-refractivity contribution < 1.29 is 24.1 Å². The number of nitro benzene ring substituents is 1. The molecule has 0 bridgehead atoms. The van der Waals surface area contributed by atoms with Crippen molar-refractivity contribution in [2.24, 2.45) is 5.92 Å². The molecule has 2 fully saturated rings. The fraction of sp³-hybridized carbons (Fsp3) is 0.231. The highest BCUT2D eigenvalue weighted by molar-refractivity contribution is 6.23. The van der Waals surface area contributed by atoms with E-state index in [1.54, 1.807) is 48.5 Å². The molecule has 3 aromatic rings. The summed E-state index contributed by atoms with van der Waals surface area (Å²) in [5, 5.41) is 12.9. The number of carbonyl (C=O) groups excluding carboxylic acids is 2. The van der Waals surface area contributed by atoms with Gasteiger partial charge in [-0.2, -0.15) is 0 Å². The zero-order valence-electron chi connectivity index (χ0n) is 18.9. The topological polar surface area (TPSA) is 102 Å². The van der Waals surface area contributed by atoms with Gasteiger partial charge in [0.1, 0.15) is 11.7 Å². The lowest BCUT2D eigenvalue weighted by Gasteiger charge is -2.28. The van der Waals surface area contributed by atoms with Crippen molar-refractivity contribution in [1.82, 2.24) is 0 Å². The zero-order chi connectivity index (χ0) is 24.5. The molecule has 2 aliphatic rings. The number of nitrogens with zero attached hydrogens (tertiary/aromatic N) is 3. The van der Waals surface area contributed by atoms with Crippen LogP contribution < -0.4 is 14.7 Å². The average molecular weight is 473 g/mol. The Morgan fingerprint density at radius 3 is 2.37 bits per heavy atom. The minimum absolute atomic E-state index is 0.102. The van der Waals surface area contributed by atoms with E-state index in [0.717, 1.165) is 11.3 Å². The van der Waals surface area contributed by atoms with Crippen LogP contribution in [0.15, 0.2) is 78.9 Å². The molecular weight excluding hydrogens is 450 g/mol. The smallest absolute Gasteiger partial charge is 0.269 e. The van der Waals surface area contributed by atoms with Crippen molar-refractivity contribution in [3.8, 4) is 5.75 Å². The van der Waals surface area contributed by atoms with E-state index in [1.807, 2.05) is 25.1 Å². The summed E-state index contributed by atoms with van der Waals surface area (Å²) in [6, 6.07) is 21.2. The van der Waals surface area contributed by atoms with Crippen molar-refractivity contribution in [3.05, 3.63) is 94.5 Å². The first-order valence-electron chi connectivity index (χ1n) is 11.4. The maximum Gasteiger partial charge on any atom is 0.269 e. The standard InChI is InChI=1S/C26H23N3O6/c1-2-15-34-21-13-11-18(12-14-21)27-25(30)22-23(17-7-6-10-20(16-17)29(32)33)28(35-24(22)26(27)31)19-8-4-3-5-9-19/h3-14,16,22-24H,2,15H2,1H3/t22-,23-,24-/m0/s1. The molecule has 178 valence electrons. The molecule has 0 saturated carbocycles. The second-order valence-electron chi connectivity index (χ2n) is 8.36. The van der Waals surface area contributed by atoms with Crippen molar-refractivity contribution in [2.75, 3.05) is 16.6 Å². The number of hydrogen-bond donors (Lipinski definition) is 0. The normalized spacial score (nSPS) is 21.3. The quantitative estimate of drug-likeness (QED) is 0.284. The van der Waals surface area contributed by atoms with Crippen LogP contribution in [0.2, 0.25) is 0 Å². The Morgan fingerprint density at radius 1 is 0.943 bits per heavy atom. The van der Waals surface area contributed by atoms with Gasteiger partial charge in [0.25, 0.3) is 11.6 Å². The van der Waals surface area contributed by atoms with Crippen LogP contribution in [0.25, 0.3) is 0 Å². The summed E-state index contributed by atoms with van der Waals surface area (Å²) in [6.45, 7) is 2.57. The number of ether oxygens (including phenoxy) is 1. The minimum Gasteiger partial charge on any atom is -0.494 e.